The molecule has 1 aliphatic heterocycles. The zero-order chi connectivity index (χ0) is 17.1. The molecule has 1 aromatic heterocycles. The van der Waals surface area contributed by atoms with Crippen molar-refractivity contribution in [1.29, 1.82) is 0 Å². The van der Waals surface area contributed by atoms with Crippen molar-refractivity contribution in [2.45, 2.75) is 25.4 Å². The molecule has 1 aliphatic rings. The lowest BCUT2D eigenvalue weighted by atomic mass is 10.1. The van der Waals surface area contributed by atoms with Crippen LogP contribution in [0.3, 0.4) is 0 Å². The fraction of sp³-hybridized carbons (Fsp3) is 0.353. The largest absolute Gasteiger partial charge is 0.366 e. The van der Waals surface area contributed by atoms with Crippen molar-refractivity contribution >= 4 is 11.9 Å². The third-order valence-electron chi connectivity index (χ3n) is 4.31. The van der Waals surface area contributed by atoms with Gasteiger partial charge in [-0.2, -0.15) is 5.10 Å². The van der Waals surface area contributed by atoms with Crippen LogP contribution in [-0.4, -0.2) is 33.2 Å². The molecule has 3 N–H and O–H groups in total. The molecule has 0 radical (unpaired) electrons. The van der Waals surface area contributed by atoms with E-state index in [0.29, 0.717) is 12.1 Å². The third kappa shape index (κ3) is 3.40. The molecule has 2 aromatic rings. The van der Waals surface area contributed by atoms with E-state index < -0.39 is 5.91 Å². The Morgan fingerprint density at radius 2 is 2.08 bits per heavy atom. The van der Waals surface area contributed by atoms with Crippen LogP contribution in [0.2, 0.25) is 0 Å². The average molecular weight is 327 g/mol. The Bertz CT molecular complexity index is 738. The van der Waals surface area contributed by atoms with E-state index in [1.807, 2.05) is 24.3 Å². The first-order valence-electron chi connectivity index (χ1n) is 7.96. The van der Waals surface area contributed by atoms with E-state index >= 15 is 0 Å². The van der Waals surface area contributed by atoms with E-state index in [9.17, 15) is 9.59 Å². The van der Waals surface area contributed by atoms with Crippen molar-refractivity contribution in [3.63, 3.8) is 0 Å². The summed E-state index contributed by atoms with van der Waals surface area (Å²) in [6.07, 6.45) is 5.71. The summed E-state index contributed by atoms with van der Waals surface area (Å²) in [5, 5.41) is 7.13. The molecule has 0 aliphatic carbocycles. The number of hydrogen-bond acceptors (Lipinski definition) is 3. The average Bonchev–Trinajstić information content (AvgIpc) is 3.21. The summed E-state index contributed by atoms with van der Waals surface area (Å²) in [7, 11) is 1.87. The SMILES string of the molecule is Cn1cc(C2CCCN2C(=O)NCc2ccc(C(N)=O)cc2)cn1. The first-order chi connectivity index (χ1) is 11.5. The molecule has 1 aromatic carbocycles. The summed E-state index contributed by atoms with van der Waals surface area (Å²) in [4.78, 5) is 25.4. The van der Waals surface area contributed by atoms with E-state index in [2.05, 4.69) is 10.4 Å². The number of primary amides is 1. The fourth-order valence-electron chi connectivity index (χ4n) is 3.03. The molecule has 7 nitrogen and oxygen atoms in total. The number of nitrogens with two attached hydrogens (primary N) is 1. The van der Waals surface area contributed by atoms with Gasteiger partial charge in [-0.15, -0.1) is 0 Å². The van der Waals surface area contributed by atoms with Crippen LogP contribution in [0.15, 0.2) is 36.7 Å². The molecule has 1 unspecified atom stereocenters. The van der Waals surface area contributed by atoms with E-state index in [0.717, 1.165) is 30.5 Å². The topological polar surface area (TPSA) is 93.3 Å². The predicted octanol–water partition coefficient (Wildman–Crippen LogP) is 1.57. The zero-order valence-corrected chi connectivity index (χ0v) is 13.6. The molecule has 1 atom stereocenters. The summed E-state index contributed by atoms with van der Waals surface area (Å²) in [6, 6.07) is 6.92. The second kappa shape index (κ2) is 6.74. The van der Waals surface area contributed by atoms with Crippen LogP contribution < -0.4 is 11.1 Å². The van der Waals surface area contributed by atoms with Crippen LogP contribution in [0, 0.1) is 0 Å². The van der Waals surface area contributed by atoms with Gasteiger partial charge in [0.05, 0.1) is 12.2 Å². The van der Waals surface area contributed by atoms with Gasteiger partial charge in [0.2, 0.25) is 5.91 Å². The van der Waals surface area contributed by atoms with Crippen molar-refractivity contribution < 1.29 is 9.59 Å². The van der Waals surface area contributed by atoms with Crippen LogP contribution in [0.5, 0.6) is 0 Å². The molecule has 1 saturated heterocycles. The molecule has 3 rings (SSSR count). The van der Waals surface area contributed by atoms with Crippen molar-refractivity contribution in [2.24, 2.45) is 12.8 Å². The van der Waals surface area contributed by atoms with Gasteiger partial charge >= 0.3 is 6.03 Å². The summed E-state index contributed by atoms with van der Waals surface area (Å²) >= 11 is 0. The number of likely N-dealkylation sites (tertiary alicyclic amines) is 1. The number of benzene rings is 1. The molecular weight excluding hydrogens is 306 g/mol. The number of urea groups is 1. The summed E-state index contributed by atoms with van der Waals surface area (Å²) in [5.41, 5.74) is 7.67. The Kier molecular flexibility index (Phi) is 4.50. The summed E-state index contributed by atoms with van der Waals surface area (Å²) in [5.74, 6) is -0.457. The van der Waals surface area contributed by atoms with Crippen LogP contribution in [0.4, 0.5) is 4.79 Å². The van der Waals surface area contributed by atoms with Gasteiger partial charge in [0, 0.05) is 37.5 Å². The lowest BCUT2D eigenvalue weighted by molar-refractivity contribution is 0.1000. The van der Waals surface area contributed by atoms with Gasteiger partial charge in [0.25, 0.3) is 0 Å². The van der Waals surface area contributed by atoms with E-state index in [4.69, 9.17) is 5.73 Å². The fourth-order valence-corrected chi connectivity index (χ4v) is 3.03. The lowest BCUT2D eigenvalue weighted by Crippen LogP contribution is -2.39. The minimum atomic E-state index is -0.457. The van der Waals surface area contributed by atoms with Gasteiger partial charge in [-0.25, -0.2) is 4.79 Å². The Morgan fingerprint density at radius 3 is 2.71 bits per heavy atom. The van der Waals surface area contributed by atoms with Crippen LogP contribution >= 0.6 is 0 Å². The number of amides is 3. The molecule has 2 heterocycles. The molecule has 0 saturated carbocycles. The van der Waals surface area contributed by atoms with E-state index in [-0.39, 0.29) is 12.1 Å². The molecule has 0 spiro atoms. The number of hydrogen-bond donors (Lipinski definition) is 2. The van der Waals surface area contributed by atoms with Crippen LogP contribution in [0.25, 0.3) is 0 Å². The Hall–Kier alpha value is -2.83. The minimum absolute atomic E-state index is 0.0796. The van der Waals surface area contributed by atoms with Gasteiger partial charge in [-0.3, -0.25) is 9.48 Å². The van der Waals surface area contributed by atoms with E-state index in [1.54, 1.807) is 28.9 Å². The molecule has 126 valence electrons. The number of nitrogens with zero attached hydrogens (tertiary/aromatic N) is 3. The number of carbonyl (C=O) groups is 2. The van der Waals surface area contributed by atoms with E-state index in [1.165, 1.54) is 0 Å². The number of rotatable bonds is 4. The number of aryl methyl sites for hydroxylation is 1. The third-order valence-corrected chi connectivity index (χ3v) is 4.31. The maximum atomic E-state index is 12.5. The standard InChI is InChI=1S/C17H21N5O2/c1-21-11-14(10-20-21)15-3-2-8-22(15)17(24)19-9-12-4-6-13(7-5-12)16(18)23/h4-7,10-11,15H,2-3,8-9H2,1H3,(H2,18,23)(H,19,24). The summed E-state index contributed by atoms with van der Waals surface area (Å²) < 4.78 is 1.75. The Balaban J connectivity index is 1.60. The van der Waals surface area contributed by atoms with Crippen molar-refractivity contribution in [3.8, 4) is 0 Å². The van der Waals surface area contributed by atoms with Gasteiger partial charge in [0.1, 0.15) is 0 Å². The quantitative estimate of drug-likeness (QED) is 0.892. The monoisotopic (exact) mass is 327 g/mol. The predicted molar refractivity (Wildman–Crippen MR) is 89.1 cm³/mol. The summed E-state index contributed by atoms with van der Waals surface area (Å²) in [6.45, 7) is 1.15. The normalized spacial score (nSPS) is 17.0. The van der Waals surface area contributed by atoms with Gasteiger partial charge in [-0.05, 0) is 30.5 Å². The van der Waals surface area contributed by atoms with Crippen molar-refractivity contribution in [2.75, 3.05) is 6.54 Å². The lowest BCUT2D eigenvalue weighted by Gasteiger charge is -2.24. The smallest absolute Gasteiger partial charge is 0.318 e. The Morgan fingerprint density at radius 1 is 1.33 bits per heavy atom. The van der Waals surface area contributed by atoms with Crippen molar-refractivity contribution in [1.82, 2.24) is 20.0 Å². The second-order valence-electron chi connectivity index (χ2n) is 6.02. The second-order valence-corrected chi connectivity index (χ2v) is 6.02. The molecule has 7 heteroatoms. The zero-order valence-electron chi connectivity index (χ0n) is 13.6. The molecule has 1 fully saturated rings. The highest BCUT2D eigenvalue weighted by atomic mass is 16.2. The molecule has 3 amide bonds. The first-order valence-corrected chi connectivity index (χ1v) is 7.96. The number of carbonyl (C=O) groups excluding carboxylic acids is 2. The number of aromatic nitrogens is 2. The van der Waals surface area contributed by atoms with Gasteiger partial charge in [0.15, 0.2) is 0 Å². The van der Waals surface area contributed by atoms with Crippen LogP contribution in [-0.2, 0) is 13.6 Å². The highest BCUT2D eigenvalue weighted by molar-refractivity contribution is 5.92. The Labute approximate surface area is 140 Å². The highest BCUT2D eigenvalue weighted by Crippen LogP contribution is 2.31. The van der Waals surface area contributed by atoms with Gasteiger partial charge in [-0.1, -0.05) is 12.1 Å². The van der Waals surface area contributed by atoms with Crippen molar-refractivity contribution in [3.05, 3.63) is 53.3 Å². The molecule has 0 bridgehead atoms. The van der Waals surface area contributed by atoms with Gasteiger partial charge < -0.3 is 16.0 Å². The highest BCUT2D eigenvalue weighted by Gasteiger charge is 2.30. The maximum Gasteiger partial charge on any atom is 0.318 e. The molecule has 24 heavy (non-hydrogen) atoms. The minimum Gasteiger partial charge on any atom is -0.366 e. The molecular formula is C17H21N5O2. The number of nitrogens with one attached hydrogen (secondary N) is 1. The van der Waals surface area contributed by atoms with Crippen LogP contribution in [0.1, 0.15) is 40.4 Å². The first kappa shape index (κ1) is 16.0. The maximum absolute atomic E-state index is 12.5.